The van der Waals surface area contributed by atoms with Gasteiger partial charge in [0.15, 0.2) is 11.4 Å². The molecule has 1 fully saturated rings. The van der Waals surface area contributed by atoms with Crippen molar-refractivity contribution in [1.82, 2.24) is 14.3 Å². The van der Waals surface area contributed by atoms with Gasteiger partial charge in [-0.1, -0.05) is 11.6 Å². The summed E-state index contributed by atoms with van der Waals surface area (Å²) in [6, 6.07) is 7.10. The third-order valence-corrected chi connectivity index (χ3v) is 4.13. The van der Waals surface area contributed by atoms with Crippen molar-refractivity contribution in [3.63, 3.8) is 0 Å². The normalized spacial score (nSPS) is 15.0. The highest BCUT2D eigenvalue weighted by atomic mass is 35.5. The Morgan fingerprint density at radius 2 is 1.91 bits per heavy atom. The van der Waals surface area contributed by atoms with Gasteiger partial charge in [-0.05, 0) is 51.0 Å². The zero-order chi connectivity index (χ0) is 16.1. The van der Waals surface area contributed by atoms with Crippen molar-refractivity contribution in [2.45, 2.75) is 38.3 Å². The van der Waals surface area contributed by atoms with E-state index in [0.717, 1.165) is 23.1 Å². The Morgan fingerprint density at radius 3 is 2.41 bits per heavy atom. The molecular weight excluding hydrogens is 306 g/mol. The minimum absolute atomic E-state index is 0.0940. The van der Waals surface area contributed by atoms with Crippen LogP contribution in [0.25, 0.3) is 11.4 Å². The van der Waals surface area contributed by atoms with E-state index in [1.165, 1.54) is 13.8 Å². The molecule has 0 aliphatic heterocycles. The standard InChI is InChI=1S/C15H16ClN3O3/c1-15(2,13(20)21)19-14(22)18(11-7-8-11)12(17-19)9-3-5-10(16)6-4-9/h3-6,11H,7-8H2,1-2H3,(H,20,21). The highest BCUT2D eigenvalue weighted by molar-refractivity contribution is 6.30. The molecule has 0 bridgehead atoms. The van der Waals surface area contributed by atoms with Crippen molar-refractivity contribution in [1.29, 1.82) is 0 Å². The molecule has 3 rings (SSSR count). The predicted octanol–water partition coefficient (Wildman–Crippen LogP) is 2.52. The Kier molecular flexibility index (Phi) is 3.36. The highest BCUT2D eigenvalue weighted by Gasteiger charge is 2.37. The minimum Gasteiger partial charge on any atom is -0.479 e. The topological polar surface area (TPSA) is 77.1 Å². The first-order valence-electron chi connectivity index (χ1n) is 7.03. The Morgan fingerprint density at radius 1 is 1.32 bits per heavy atom. The lowest BCUT2D eigenvalue weighted by Gasteiger charge is -2.17. The minimum atomic E-state index is -1.40. The third-order valence-electron chi connectivity index (χ3n) is 3.88. The van der Waals surface area contributed by atoms with Crippen LogP contribution in [0, 0.1) is 0 Å². The first-order chi connectivity index (χ1) is 10.3. The van der Waals surface area contributed by atoms with E-state index < -0.39 is 11.5 Å². The van der Waals surface area contributed by atoms with Crippen molar-refractivity contribution in [3.05, 3.63) is 39.8 Å². The van der Waals surface area contributed by atoms with Gasteiger partial charge in [0.05, 0.1) is 0 Å². The van der Waals surface area contributed by atoms with Crippen LogP contribution in [-0.2, 0) is 10.3 Å². The average molecular weight is 322 g/mol. The third kappa shape index (κ3) is 2.33. The fourth-order valence-electron chi connectivity index (χ4n) is 2.29. The fraction of sp³-hybridized carbons (Fsp3) is 0.400. The molecule has 2 aromatic rings. The smallest absolute Gasteiger partial charge is 0.347 e. The maximum absolute atomic E-state index is 12.6. The Bertz CT molecular complexity index is 785. The molecular formula is C15H16ClN3O3. The van der Waals surface area contributed by atoms with Crippen molar-refractivity contribution >= 4 is 17.6 Å². The van der Waals surface area contributed by atoms with Crippen LogP contribution >= 0.6 is 11.6 Å². The van der Waals surface area contributed by atoms with Crippen molar-refractivity contribution in [2.75, 3.05) is 0 Å². The Balaban J connectivity index is 2.20. The maximum atomic E-state index is 12.6. The number of rotatable bonds is 4. The number of nitrogens with zero attached hydrogens (tertiary/aromatic N) is 3. The van der Waals surface area contributed by atoms with E-state index in [-0.39, 0.29) is 11.7 Å². The van der Waals surface area contributed by atoms with Crippen LogP contribution in [0.5, 0.6) is 0 Å². The SMILES string of the molecule is CC(C)(C(=O)O)n1nc(-c2ccc(Cl)cc2)n(C2CC2)c1=O. The van der Waals surface area contributed by atoms with Crippen LogP contribution in [0.2, 0.25) is 5.02 Å². The largest absolute Gasteiger partial charge is 0.479 e. The highest BCUT2D eigenvalue weighted by Crippen LogP contribution is 2.37. The lowest BCUT2D eigenvalue weighted by atomic mass is 10.1. The molecule has 1 aromatic carbocycles. The number of carbonyl (C=O) groups is 1. The quantitative estimate of drug-likeness (QED) is 0.938. The van der Waals surface area contributed by atoms with Gasteiger partial charge in [0.2, 0.25) is 0 Å². The molecule has 1 aliphatic rings. The van der Waals surface area contributed by atoms with Crippen LogP contribution in [0.15, 0.2) is 29.1 Å². The zero-order valence-corrected chi connectivity index (χ0v) is 13.0. The molecule has 0 spiro atoms. The number of aromatic nitrogens is 3. The van der Waals surface area contributed by atoms with Gasteiger partial charge in [0, 0.05) is 16.6 Å². The molecule has 1 aliphatic carbocycles. The van der Waals surface area contributed by atoms with Crippen molar-refractivity contribution in [3.8, 4) is 11.4 Å². The Labute approximate surface area is 131 Å². The number of carboxylic acid groups (broad SMARTS) is 1. The summed E-state index contributed by atoms with van der Waals surface area (Å²) in [5.74, 6) is -0.615. The van der Waals surface area contributed by atoms with Crippen LogP contribution in [0.4, 0.5) is 0 Å². The molecule has 0 amide bonds. The molecule has 0 unspecified atom stereocenters. The summed E-state index contributed by atoms with van der Waals surface area (Å²) in [5.41, 5.74) is -1.05. The number of benzene rings is 1. The zero-order valence-electron chi connectivity index (χ0n) is 12.3. The molecule has 1 heterocycles. The number of hydrogen-bond acceptors (Lipinski definition) is 3. The van der Waals surface area contributed by atoms with Crippen molar-refractivity contribution in [2.24, 2.45) is 0 Å². The van der Waals surface area contributed by atoms with Gasteiger partial charge in [-0.3, -0.25) is 4.57 Å². The molecule has 7 heteroatoms. The second kappa shape index (κ2) is 4.98. The van der Waals surface area contributed by atoms with Gasteiger partial charge in [-0.2, -0.15) is 4.68 Å². The molecule has 1 N–H and O–H groups in total. The summed E-state index contributed by atoms with van der Waals surface area (Å²) in [7, 11) is 0. The summed E-state index contributed by atoms with van der Waals surface area (Å²) >= 11 is 5.89. The van der Waals surface area contributed by atoms with E-state index in [4.69, 9.17) is 11.6 Å². The summed E-state index contributed by atoms with van der Waals surface area (Å²) < 4.78 is 2.64. The molecule has 0 saturated heterocycles. The summed E-state index contributed by atoms with van der Waals surface area (Å²) in [4.78, 5) is 24.1. The number of carboxylic acids is 1. The number of aliphatic carboxylic acids is 1. The van der Waals surface area contributed by atoms with Crippen LogP contribution in [0.1, 0.15) is 32.7 Å². The maximum Gasteiger partial charge on any atom is 0.347 e. The molecule has 0 atom stereocenters. The first-order valence-corrected chi connectivity index (χ1v) is 7.41. The van der Waals surface area contributed by atoms with Crippen LogP contribution < -0.4 is 5.69 Å². The molecule has 116 valence electrons. The van der Waals surface area contributed by atoms with Crippen LogP contribution in [0.3, 0.4) is 0 Å². The fourth-order valence-corrected chi connectivity index (χ4v) is 2.42. The van der Waals surface area contributed by atoms with E-state index in [1.54, 1.807) is 28.8 Å². The first kappa shape index (κ1) is 14.8. The van der Waals surface area contributed by atoms with Crippen molar-refractivity contribution < 1.29 is 9.90 Å². The monoisotopic (exact) mass is 321 g/mol. The van der Waals surface area contributed by atoms with E-state index >= 15 is 0 Å². The second-order valence-electron chi connectivity index (χ2n) is 5.99. The van der Waals surface area contributed by atoms with Crippen LogP contribution in [-0.4, -0.2) is 25.4 Å². The van der Waals surface area contributed by atoms with E-state index in [0.29, 0.717) is 10.8 Å². The van der Waals surface area contributed by atoms with Gasteiger partial charge in [-0.25, -0.2) is 9.59 Å². The Hall–Kier alpha value is -2.08. The summed E-state index contributed by atoms with van der Waals surface area (Å²) in [6.45, 7) is 2.93. The second-order valence-corrected chi connectivity index (χ2v) is 6.43. The lowest BCUT2D eigenvalue weighted by Crippen LogP contribution is -2.43. The van der Waals surface area contributed by atoms with E-state index in [9.17, 15) is 14.7 Å². The summed E-state index contributed by atoms with van der Waals surface area (Å²) in [5, 5.41) is 14.3. The van der Waals surface area contributed by atoms with Gasteiger partial charge in [0.1, 0.15) is 0 Å². The molecule has 6 nitrogen and oxygen atoms in total. The predicted molar refractivity (Wildman–Crippen MR) is 82.2 cm³/mol. The number of hydrogen-bond donors (Lipinski definition) is 1. The molecule has 22 heavy (non-hydrogen) atoms. The average Bonchev–Trinajstić information content (AvgIpc) is 3.23. The lowest BCUT2D eigenvalue weighted by molar-refractivity contribution is -0.146. The number of halogens is 1. The van der Waals surface area contributed by atoms with Gasteiger partial charge < -0.3 is 5.11 Å². The molecule has 1 saturated carbocycles. The van der Waals surface area contributed by atoms with Gasteiger partial charge in [0.25, 0.3) is 0 Å². The molecule has 0 radical (unpaired) electrons. The van der Waals surface area contributed by atoms with Gasteiger partial charge >= 0.3 is 11.7 Å². The molecule has 1 aromatic heterocycles. The van der Waals surface area contributed by atoms with E-state index in [1.807, 2.05) is 0 Å². The summed E-state index contributed by atoms with van der Waals surface area (Å²) in [6.07, 6.45) is 1.80. The van der Waals surface area contributed by atoms with E-state index in [2.05, 4.69) is 5.10 Å². The van der Waals surface area contributed by atoms with Gasteiger partial charge in [-0.15, -0.1) is 5.10 Å².